The van der Waals surface area contributed by atoms with Crippen molar-refractivity contribution in [3.8, 4) is 0 Å². The molecule has 0 aliphatic carbocycles. The molecule has 0 aliphatic rings. The summed E-state index contributed by atoms with van der Waals surface area (Å²) in [6.07, 6.45) is 5.35. The van der Waals surface area contributed by atoms with E-state index in [-0.39, 0.29) is 5.91 Å². The summed E-state index contributed by atoms with van der Waals surface area (Å²) >= 11 is 1.35. The van der Waals surface area contributed by atoms with Crippen LogP contribution in [0.1, 0.15) is 16.5 Å². The second-order valence-corrected chi connectivity index (χ2v) is 6.04. The summed E-state index contributed by atoms with van der Waals surface area (Å²) in [5, 5.41) is 0.268. The van der Waals surface area contributed by atoms with Gasteiger partial charge >= 0.3 is 0 Å². The molecule has 1 aromatic carbocycles. The predicted octanol–water partition coefficient (Wildman–Crippen LogP) is 2.65. The molecule has 2 heterocycles. The monoisotopic (exact) mass is 324 g/mol. The second kappa shape index (κ2) is 7.11. The van der Waals surface area contributed by atoms with Crippen LogP contribution in [0.4, 0.5) is 0 Å². The molecular weight excluding hydrogens is 308 g/mol. The highest BCUT2D eigenvalue weighted by Gasteiger charge is 2.21. The first kappa shape index (κ1) is 15.3. The molecule has 5 nitrogen and oxygen atoms in total. The van der Waals surface area contributed by atoms with Gasteiger partial charge in [-0.3, -0.25) is 9.78 Å². The highest BCUT2D eigenvalue weighted by molar-refractivity contribution is 8.00. The molecule has 6 heteroatoms. The number of thioether (sulfide) groups is 1. The number of benzene rings is 1. The third-order valence-electron chi connectivity index (χ3n) is 3.32. The maximum Gasteiger partial charge on any atom is 0.235 e. The molecule has 1 atom stereocenters. The van der Waals surface area contributed by atoms with E-state index in [2.05, 4.69) is 9.97 Å². The number of imidazole rings is 1. The molecule has 0 saturated heterocycles. The van der Waals surface area contributed by atoms with Gasteiger partial charge in [0.05, 0.1) is 12.2 Å². The highest BCUT2D eigenvalue weighted by atomic mass is 32.2. The van der Waals surface area contributed by atoms with Crippen LogP contribution in [0, 0.1) is 0 Å². The largest absolute Gasteiger partial charge is 0.368 e. The van der Waals surface area contributed by atoms with Gasteiger partial charge < -0.3 is 10.3 Å². The van der Waals surface area contributed by atoms with Gasteiger partial charge in [0.25, 0.3) is 0 Å². The summed E-state index contributed by atoms with van der Waals surface area (Å²) in [5.74, 6) is -0.381. The fourth-order valence-corrected chi connectivity index (χ4v) is 3.23. The number of nitrogens with two attached hydrogens (primary N) is 1. The van der Waals surface area contributed by atoms with Crippen LogP contribution in [0.25, 0.3) is 0 Å². The van der Waals surface area contributed by atoms with Crippen molar-refractivity contribution >= 4 is 17.7 Å². The summed E-state index contributed by atoms with van der Waals surface area (Å²) < 4.78 is 1.96. The second-order valence-electron chi connectivity index (χ2n) is 4.97. The molecule has 0 radical (unpaired) electrons. The number of hydrogen-bond acceptors (Lipinski definition) is 4. The number of primary amides is 1. The highest BCUT2D eigenvalue weighted by Crippen LogP contribution is 2.34. The van der Waals surface area contributed by atoms with Gasteiger partial charge in [-0.25, -0.2) is 4.98 Å². The van der Waals surface area contributed by atoms with Crippen molar-refractivity contribution < 1.29 is 4.79 Å². The first-order chi connectivity index (χ1) is 11.2. The Bertz CT molecular complexity index is 774. The Balaban J connectivity index is 1.82. The molecular formula is C17H16N4OS. The normalized spacial score (nSPS) is 12.0. The molecule has 116 valence electrons. The smallest absolute Gasteiger partial charge is 0.235 e. The number of aromatic nitrogens is 3. The Morgan fingerprint density at radius 1 is 1.09 bits per heavy atom. The molecule has 2 aromatic heterocycles. The summed E-state index contributed by atoms with van der Waals surface area (Å²) in [7, 11) is 0. The zero-order chi connectivity index (χ0) is 16.1. The maximum atomic E-state index is 11.8. The van der Waals surface area contributed by atoms with Crippen LogP contribution < -0.4 is 5.73 Å². The minimum Gasteiger partial charge on any atom is -0.368 e. The molecule has 0 saturated carbocycles. The van der Waals surface area contributed by atoms with E-state index < -0.39 is 5.25 Å². The predicted molar refractivity (Wildman–Crippen MR) is 89.8 cm³/mol. The van der Waals surface area contributed by atoms with Gasteiger partial charge in [0, 0.05) is 18.6 Å². The standard InChI is InChI=1S/C17H16N4OS/c18-16(22)15(13-6-2-1-3-7-13)23-17-20-10-11-21(17)12-14-8-4-5-9-19-14/h1-11,15H,12H2,(H2,18,22)/t15-/m1/s1. The Morgan fingerprint density at radius 2 is 1.87 bits per heavy atom. The Kier molecular flexibility index (Phi) is 4.73. The van der Waals surface area contributed by atoms with Crippen LogP contribution in [0.3, 0.4) is 0 Å². The van der Waals surface area contributed by atoms with Crippen LogP contribution >= 0.6 is 11.8 Å². The first-order valence-electron chi connectivity index (χ1n) is 7.16. The number of pyridine rings is 1. The number of amides is 1. The van der Waals surface area contributed by atoms with E-state index in [1.165, 1.54) is 11.8 Å². The molecule has 1 amide bonds. The lowest BCUT2D eigenvalue weighted by molar-refractivity contribution is -0.117. The molecule has 2 N–H and O–H groups in total. The number of hydrogen-bond donors (Lipinski definition) is 1. The van der Waals surface area contributed by atoms with Gasteiger partial charge in [-0.2, -0.15) is 0 Å². The fourth-order valence-electron chi connectivity index (χ4n) is 2.22. The molecule has 0 aliphatic heterocycles. The minimum absolute atomic E-state index is 0.381. The molecule has 3 rings (SSSR count). The van der Waals surface area contributed by atoms with Crippen LogP contribution in [0.5, 0.6) is 0 Å². The van der Waals surface area contributed by atoms with Crippen molar-refractivity contribution in [2.75, 3.05) is 0 Å². The lowest BCUT2D eigenvalue weighted by Crippen LogP contribution is -2.19. The van der Waals surface area contributed by atoms with E-state index in [9.17, 15) is 4.79 Å². The van der Waals surface area contributed by atoms with Gasteiger partial charge in [0.2, 0.25) is 5.91 Å². The molecule has 3 aromatic rings. The Hall–Kier alpha value is -2.60. The fraction of sp³-hybridized carbons (Fsp3) is 0.118. The average Bonchev–Trinajstić information content (AvgIpc) is 3.01. The van der Waals surface area contributed by atoms with Crippen molar-refractivity contribution in [2.45, 2.75) is 17.0 Å². The number of nitrogens with zero attached hydrogens (tertiary/aromatic N) is 3. The molecule has 0 bridgehead atoms. The zero-order valence-corrected chi connectivity index (χ0v) is 13.2. The SMILES string of the molecule is NC(=O)[C@H](Sc1nccn1Cc1ccccn1)c1ccccc1. The topological polar surface area (TPSA) is 73.8 Å². The van der Waals surface area contributed by atoms with Crippen LogP contribution in [-0.2, 0) is 11.3 Å². The number of carbonyl (C=O) groups excluding carboxylic acids is 1. The molecule has 0 fully saturated rings. The molecule has 23 heavy (non-hydrogen) atoms. The van der Waals surface area contributed by atoms with Crippen molar-refractivity contribution in [1.29, 1.82) is 0 Å². The van der Waals surface area contributed by atoms with E-state index in [0.717, 1.165) is 16.4 Å². The van der Waals surface area contributed by atoms with Gasteiger partial charge in [-0.15, -0.1) is 0 Å². The summed E-state index contributed by atoms with van der Waals surface area (Å²) in [5.41, 5.74) is 7.38. The van der Waals surface area contributed by atoms with Crippen molar-refractivity contribution in [1.82, 2.24) is 14.5 Å². The summed E-state index contributed by atoms with van der Waals surface area (Å²) in [4.78, 5) is 20.5. The third-order valence-corrected chi connectivity index (χ3v) is 4.61. The van der Waals surface area contributed by atoms with E-state index in [1.807, 2.05) is 59.3 Å². The summed E-state index contributed by atoms with van der Waals surface area (Å²) in [6, 6.07) is 15.3. The van der Waals surface area contributed by atoms with Crippen molar-refractivity contribution in [2.24, 2.45) is 5.73 Å². The van der Waals surface area contributed by atoms with Crippen LogP contribution in [-0.4, -0.2) is 20.4 Å². The first-order valence-corrected chi connectivity index (χ1v) is 8.04. The van der Waals surface area contributed by atoms with Gasteiger partial charge in [-0.05, 0) is 17.7 Å². The Labute approximate surface area is 138 Å². The van der Waals surface area contributed by atoms with Crippen molar-refractivity contribution in [3.05, 3.63) is 78.4 Å². The van der Waals surface area contributed by atoms with Crippen molar-refractivity contribution in [3.63, 3.8) is 0 Å². The van der Waals surface area contributed by atoms with E-state index in [1.54, 1.807) is 12.4 Å². The van der Waals surface area contributed by atoms with Gasteiger partial charge in [0.1, 0.15) is 5.25 Å². The lowest BCUT2D eigenvalue weighted by atomic mass is 10.1. The maximum absolute atomic E-state index is 11.8. The number of rotatable bonds is 6. The van der Waals surface area contributed by atoms with E-state index >= 15 is 0 Å². The summed E-state index contributed by atoms with van der Waals surface area (Å²) in [6.45, 7) is 0.601. The van der Waals surface area contributed by atoms with Crippen LogP contribution in [0.15, 0.2) is 72.3 Å². The zero-order valence-electron chi connectivity index (χ0n) is 12.4. The van der Waals surface area contributed by atoms with Crippen LogP contribution in [0.2, 0.25) is 0 Å². The minimum atomic E-state index is -0.471. The average molecular weight is 324 g/mol. The molecule has 0 unspecified atom stereocenters. The van der Waals surface area contributed by atoms with E-state index in [0.29, 0.717) is 6.54 Å². The molecule has 0 spiro atoms. The van der Waals surface area contributed by atoms with Gasteiger partial charge in [0.15, 0.2) is 5.16 Å². The van der Waals surface area contributed by atoms with Gasteiger partial charge in [-0.1, -0.05) is 48.2 Å². The Morgan fingerprint density at radius 3 is 2.57 bits per heavy atom. The lowest BCUT2D eigenvalue weighted by Gasteiger charge is -2.14. The third kappa shape index (κ3) is 3.78. The quantitative estimate of drug-likeness (QED) is 0.707. The number of carbonyl (C=O) groups is 1. The van der Waals surface area contributed by atoms with E-state index in [4.69, 9.17) is 5.73 Å².